The number of nitrogens with zero attached hydrogens (tertiary/aromatic N) is 1. The van der Waals surface area contributed by atoms with Crippen molar-refractivity contribution in [1.82, 2.24) is 21.3 Å². The van der Waals surface area contributed by atoms with Gasteiger partial charge in [-0.1, -0.05) is 6.92 Å². The summed E-state index contributed by atoms with van der Waals surface area (Å²) in [5.41, 5.74) is -0.268. The van der Waals surface area contributed by atoms with E-state index in [1.807, 2.05) is 34.6 Å². The highest BCUT2D eigenvalue weighted by atomic mass is 16.2. The molecule has 0 spiro atoms. The van der Waals surface area contributed by atoms with Crippen molar-refractivity contribution in [2.45, 2.75) is 53.0 Å². The van der Waals surface area contributed by atoms with Crippen molar-refractivity contribution in [2.75, 3.05) is 26.2 Å². The summed E-state index contributed by atoms with van der Waals surface area (Å²) in [6, 6.07) is 0. The zero-order chi connectivity index (χ0) is 17.0. The smallest absolute Gasteiger partial charge is 0.242 e. The number of carbonyl (C=O) groups is 2. The highest BCUT2D eigenvalue weighted by Crippen LogP contribution is 1.97. The Morgan fingerprint density at radius 1 is 0.955 bits per heavy atom. The molecule has 128 valence electrons. The van der Waals surface area contributed by atoms with E-state index in [1.54, 1.807) is 0 Å². The molecule has 0 heterocycles. The average Bonchev–Trinajstić information content (AvgIpc) is 2.40. The third kappa shape index (κ3) is 12.0. The molecular formula is C15H31N5O2. The maximum atomic E-state index is 11.7. The molecule has 0 aromatic rings. The van der Waals surface area contributed by atoms with Crippen molar-refractivity contribution < 1.29 is 9.59 Å². The lowest BCUT2D eigenvalue weighted by molar-refractivity contribution is -0.121. The predicted molar refractivity (Wildman–Crippen MR) is 89.8 cm³/mol. The van der Waals surface area contributed by atoms with Gasteiger partial charge in [0.15, 0.2) is 5.96 Å². The Labute approximate surface area is 133 Å². The standard InChI is InChI=1S/C15H31N5O2/c1-6-9-17-12(21)8-10-18-14(16-7-2)19-11-13(22)20-15(3,4)5/h6-11H2,1-5H3,(H,17,21)(H,20,22)(H2,16,18,19). The Balaban J connectivity index is 4.21. The van der Waals surface area contributed by atoms with Gasteiger partial charge in [-0.05, 0) is 34.1 Å². The van der Waals surface area contributed by atoms with E-state index in [9.17, 15) is 9.59 Å². The van der Waals surface area contributed by atoms with Crippen molar-refractivity contribution in [1.29, 1.82) is 0 Å². The molecule has 2 amide bonds. The topological polar surface area (TPSA) is 94.6 Å². The van der Waals surface area contributed by atoms with Gasteiger partial charge in [0.05, 0.1) is 0 Å². The van der Waals surface area contributed by atoms with E-state index in [0.717, 1.165) is 6.42 Å². The number of rotatable bonds is 8. The minimum atomic E-state index is -0.268. The van der Waals surface area contributed by atoms with Crippen LogP contribution in [0.1, 0.15) is 47.5 Å². The molecule has 4 N–H and O–H groups in total. The molecule has 0 aliphatic heterocycles. The Kier molecular flexibility index (Phi) is 9.98. The highest BCUT2D eigenvalue weighted by Gasteiger charge is 2.13. The summed E-state index contributed by atoms with van der Waals surface area (Å²) >= 11 is 0. The summed E-state index contributed by atoms with van der Waals surface area (Å²) < 4.78 is 0. The lowest BCUT2D eigenvalue weighted by atomic mass is 10.1. The second-order valence-corrected chi connectivity index (χ2v) is 6.02. The third-order valence-corrected chi connectivity index (χ3v) is 2.46. The number of amides is 2. The number of hydrogen-bond donors (Lipinski definition) is 4. The third-order valence-electron chi connectivity index (χ3n) is 2.46. The summed E-state index contributed by atoms with van der Waals surface area (Å²) in [5.74, 6) is 0.413. The van der Waals surface area contributed by atoms with Crippen LogP contribution < -0.4 is 21.3 Å². The fourth-order valence-electron chi connectivity index (χ4n) is 1.60. The van der Waals surface area contributed by atoms with Crippen LogP contribution in [-0.4, -0.2) is 49.5 Å². The molecule has 0 aliphatic carbocycles. The molecule has 0 fully saturated rings. The van der Waals surface area contributed by atoms with Gasteiger partial charge in [0.2, 0.25) is 11.8 Å². The summed E-state index contributed by atoms with van der Waals surface area (Å²) in [7, 11) is 0. The van der Waals surface area contributed by atoms with Gasteiger partial charge in [-0.3, -0.25) is 9.59 Å². The van der Waals surface area contributed by atoms with E-state index >= 15 is 0 Å². The largest absolute Gasteiger partial charge is 0.357 e. The summed E-state index contributed by atoms with van der Waals surface area (Å²) in [6.07, 6.45) is 1.30. The van der Waals surface area contributed by atoms with Crippen molar-refractivity contribution >= 4 is 17.8 Å². The number of hydrogen-bond acceptors (Lipinski definition) is 3. The van der Waals surface area contributed by atoms with E-state index in [4.69, 9.17) is 0 Å². The second kappa shape index (κ2) is 10.9. The van der Waals surface area contributed by atoms with Crippen LogP contribution in [0.5, 0.6) is 0 Å². The van der Waals surface area contributed by atoms with Gasteiger partial charge in [-0.15, -0.1) is 0 Å². The van der Waals surface area contributed by atoms with Gasteiger partial charge in [-0.25, -0.2) is 4.99 Å². The monoisotopic (exact) mass is 313 g/mol. The van der Waals surface area contributed by atoms with Crippen LogP contribution in [0.15, 0.2) is 4.99 Å². The first-order chi connectivity index (χ1) is 10.3. The fourth-order valence-corrected chi connectivity index (χ4v) is 1.60. The van der Waals surface area contributed by atoms with Gasteiger partial charge < -0.3 is 21.3 Å². The Hall–Kier alpha value is -1.79. The Bertz CT molecular complexity index is 375. The lowest BCUT2D eigenvalue weighted by Gasteiger charge is -2.20. The maximum absolute atomic E-state index is 11.7. The van der Waals surface area contributed by atoms with E-state index in [2.05, 4.69) is 26.3 Å². The van der Waals surface area contributed by atoms with E-state index in [0.29, 0.717) is 32.0 Å². The molecule has 0 aromatic carbocycles. The average molecular weight is 313 g/mol. The first-order valence-corrected chi connectivity index (χ1v) is 7.88. The van der Waals surface area contributed by atoms with Gasteiger partial charge in [0, 0.05) is 31.6 Å². The van der Waals surface area contributed by atoms with Gasteiger partial charge >= 0.3 is 0 Å². The van der Waals surface area contributed by atoms with Crippen molar-refractivity contribution in [2.24, 2.45) is 4.99 Å². The summed E-state index contributed by atoms with van der Waals surface area (Å²) in [4.78, 5) is 27.4. The molecule has 0 rings (SSSR count). The van der Waals surface area contributed by atoms with Crippen molar-refractivity contribution in [3.63, 3.8) is 0 Å². The molecule has 0 bridgehead atoms. The van der Waals surface area contributed by atoms with Crippen LogP contribution in [0.25, 0.3) is 0 Å². The molecule has 0 saturated carbocycles. The Morgan fingerprint density at radius 2 is 1.64 bits per heavy atom. The summed E-state index contributed by atoms with van der Waals surface area (Å²) in [5, 5.41) is 11.7. The number of nitrogens with one attached hydrogen (secondary N) is 4. The molecule has 22 heavy (non-hydrogen) atoms. The maximum Gasteiger partial charge on any atom is 0.242 e. The van der Waals surface area contributed by atoms with Crippen LogP contribution in [0.3, 0.4) is 0 Å². The molecule has 0 unspecified atom stereocenters. The van der Waals surface area contributed by atoms with Crippen LogP contribution in [0.2, 0.25) is 0 Å². The minimum Gasteiger partial charge on any atom is -0.357 e. The predicted octanol–water partition coefficient (Wildman–Crippen LogP) is 0.373. The fraction of sp³-hybridized carbons (Fsp3) is 0.800. The van der Waals surface area contributed by atoms with Gasteiger partial charge in [0.1, 0.15) is 6.54 Å². The van der Waals surface area contributed by atoms with Crippen molar-refractivity contribution in [3.05, 3.63) is 0 Å². The van der Waals surface area contributed by atoms with Crippen LogP contribution >= 0.6 is 0 Å². The number of aliphatic imine (C=N–C) groups is 1. The van der Waals surface area contributed by atoms with Crippen molar-refractivity contribution in [3.8, 4) is 0 Å². The first-order valence-electron chi connectivity index (χ1n) is 7.88. The van der Waals surface area contributed by atoms with Gasteiger partial charge in [0.25, 0.3) is 0 Å². The molecule has 0 radical (unpaired) electrons. The molecule has 0 atom stereocenters. The molecule has 7 heteroatoms. The quantitative estimate of drug-likeness (QED) is 0.385. The zero-order valence-corrected chi connectivity index (χ0v) is 14.5. The number of carbonyl (C=O) groups excluding carboxylic acids is 2. The normalized spacial score (nSPS) is 11.8. The molecule has 0 aliphatic rings. The summed E-state index contributed by atoms with van der Waals surface area (Å²) in [6.45, 7) is 11.6. The molecule has 7 nitrogen and oxygen atoms in total. The Morgan fingerprint density at radius 3 is 2.18 bits per heavy atom. The number of guanidine groups is 1. The van der Waals surface area contributed by atoms with E-state index in [1.165, 1.54) is 0 Å². The minimum absolute atomic E-state index is 0.00988. The van der Waals surface area contributed by atoms with Gasteiger partial charge in [-0.2, -0.15) is 0 Å². The SMILES string of the molecule is CCCNC(=O)CCNC(=NCC(=O)NC(C)(C)C)NCC. The van der Waals surface area contributed by atoms with E-state index < -0.39 is 0 Å². The van der Waals surface area contributed by atoms with Crippen LogP contribution in [0, 0.1) is 0 Å². The first kappa shape index (κ1) is 20.2. The zero-order valence-electron chi connectivity index (χ0n) is 14.5. The highest BCUT2D eigenvalue weighted by molar-refractivity contribution is 5.85. The lowest BCUT2D eigenvalue weighted by Crippen LogP contribution is -2.43. The van der Waals surface area contributed by atoms with E-state index in [-0.39, 0.29) is 23.9 Å². The second-order valence-electron chi connectivity index (χ2n) is 6.02. The van der Waals surface area contributed by atoms with Crippen LogP contribution in [-0.2, 0) is 9.59 Å². The van der Waals surface area contributed by atoms with Crippen LogP contribution in [0.4, 0.5) is 0 Å². The molecule has 0 aromatic heterocycles. The molecule has 0 saturated heterocycles. The molecular weight excluding hydrogens is 282 g/mol.